The predicted octanol–water partition coefficient (Wildman–Crippen LogP) is 4.50. The van der Waals surface area contributed by atoms with Crippen molar-refractivity contribution in [3.63, 3.8) is 0 Å². The van der Waals surface area contributed by atoms with Crippen molar-refractivity contribution < 1.29 is 0 Å². The van der Waals surface area contributed by atoms with Crippen molar-refractivity contribution in [2.45, 2.75) is 53.1 Å². The normalized spacial score (nSPS) is 19.9. The molecule has 0 aromatic carbocycles. The van der Waals surface area contributed by atoms with Gasteiger partial charge in [-0.2, -0.15) is 0 Å². The van der Waals surface area contributed by atoms with E-state index in [4.69, 9.17) is 5.41 Å². The van der Waals surface area contributed by atoms with E-state index in [1.54, 1.807) is 0 Å². The van der Waals surface area contributed by atoms with Gasteiger partial charge in [-0.3, -0.25) is 0 Å². The van der Waals surface area contributed by atoms with Gasteiger partial charge in [0.15, 0.2) is 0 Å². The molecular formula is C20H30N4. The highest BCUT2D eigenvalue weighted by Gasteiger charge is 2.30. The molecule has 0 radical (unpaired) electrons. The Kier molecular flexibility index (Phi) is 5.94. The van der Waals surface area contributed by atoms with Crippen LogP contribution in [0.4, 0.5) is 0 Å². The molecule has 0 bridgehead atoms. The first-order valence-corrected chi connectivity index (χ1v) is 8.90. The lowest BCUT2D eigenvalue weighted by Gasteiger charge is -2.17. The summed E-state index contributed by atoms with van der Waals surface area (Å²) in [4.78, 5) is 4.69. The molecule has 24 heavy (non-hydrogen) atoms. The third-order valence-corrected chi connectivity index (χ3v) is 4.51. The largest absolute Gasteiger partial charge is 0.346 e. The smallest absolute Gasteiger partial charge is 0.0888 e. The van der Waals surface area contributed by atoms with Crippen LogP contribution in [0.5, 0.6) is 0 Å². The quantitative estimate of drug-likeness (QED) is 0.813. The second kappa shape index (κ2) is 7.75. The molecule has 1 fully saturated rings. The summed E-state index contributed by atoms with van der Waals surface area (Å²) in [5.41, 5.74) is 4.16. The zero-order valence-corrected chi connectivity index (χ0v) is 15.6. The van der Waals surface area contributed by atoms with Gasteiger partial charge in [0.1, 0.15) is 0 Å². The monoisotopic (exact) mass is 326 g/mol. The van der Waals surface area contributed by atoms with Crippen molar-refractivity contribution in [3.8, 4) is 0 Å². The molecule has 130 valence electrons. The average Bonchev–Trinajstić information content (AvgIpc) is 3.14. The first-order valence-electron chi connectivity index (χ1n) is 8.90. The molecule has 0 amide bonds. The van der Waals surface area contributed by atoms with Gasteiger partial charge in [0, 0.05) is 36.6 Å². The molecule has 1 atom stereocenters. The highest BCUT2D eigenvalue weighted by atomic mass is 15.0. The minimum absolute atomic E-state index is 0.254. The second-order valence-electron chi connectivity index (χ2n) is 6.79. The van der Waals surface area contributed by atoms with Crippen molar-refractivity contribution in [1.29, 1.82) is 5.41 Å². The van der Waals surface area contributed by atoms with E-state index in [1.807, 2.05) is 32.9 Å². The summed E-state index contributed by atoms with van der Waals surface area (Å²) in [6.07, 6.45) is 6.61. The van der Waals surface area contributed by atoms with Crippen LogP contribution < -0.4 is 5.32 Å². The molecule has 1 saturated heterocycles. The summed E-state index contributed by atoms with van der Waals surface area (Å²) in [5, 5.41) is 11.0. The third-order valence-electron chi connectivity index (χ3n) is 4.51. The van der Waals surface area contributed by atoms with E-state index >= 15 is 0 Å². The molecular weight excluding hydrogens is 296 g/mol. The predicted molar refractivity (Wildman–Crippen MR) is 104 cm³/mol. The van der Waals surface area contributed by atoms with Crippen LogP contribution in [-0.4, -0.2) is 27.8 Å². The Bertz CT molecular complexity index is 724. The van der Waals surface area contributed by atoms with Crippen molar-refractivity contribution in [3.05, 3.63) is 36.2 Å². The first kappa shape index (κ1) is 18.4. The van der Waals surface area contributed by atoms with E-state index in [9.17, 15) is 0 Å². The van der Waals surface area contributed by atoms with Crippen LogP contribution in [0.3, 0.4) is 0 Å². The summed E-state index contributed by atoms with van der Waals surface area (Å²) in [7, 11) is 0. The number of nitrogens with zero attached hydrogens (tertiary/aromatic N) is 2. The maximum absolute atomic E-state index is 7.45. The van der Waals surface area contributed by atoms with Crippen LogP contribution in [0.25, 0.3) is 16.6 Å². The van der Waals surface area contributed by atoms with Gasteiger partial charge in [0.05, 0.1) is 16.7 Å². The van der Waals surface area contributed by atoms with Crippen molar-refractivity contribution in [1.82, 2.24) is 14.9 Å². The number of aromatic nitrogens is 2. The fraction of sp³-hybridized carbons (Fsp3) is 0.500. The van der Waals surface area contributed by atoms with Gasteiger partial charge < -0.3 is 15.3 Å². The van der Waals surface area contributed by atoms with Crippen LogP contribution >= 0.6 is 0 Å². The average molecular weight is 326 g/mol. The van der Waals surface area contributed by atoms with Crippen molar-refractivity contribution >= 4 is 22.8 Å². The molecule has 4 heteroatoms. The zero-order chi connectivity index (χ0) is 17.7. The summed E-state index contributed by atoms with van der Waals surface area (Å²) in [6, 6.07) is 6.21. The topological polar surface area (TPSA) is 53.7 Å². The number of allylic oxidation sites excluding steroid dienone is 2. The minimum Gasteiger partial charge on any atom is -0.346 e. The molecule has 0 spiro atoms. The molecule has 0 saturated carbocycles. The van der Waals surface area contributed by atoms with E-state index in [0.717, 1.165) is 29.9 Å². The summed E-state index contributed by atoms with van der Waals surface area (Å²) in [6.45, 7) is 12.6. The Morgan fingerprint density at radius 3 is 2.71 bits per heavy atom. The van der Waals surface area contributed by atoms with E-state index in [-0.39, 0.29) is 5.54 Å². The van der Waals surface area contributed by atoms with Gasteiger partial charge in [-0.15, -0.1) is 0 Å². The van der Waals surface area contributed by atoms with Crippen LogP contribution in [0.15, 0.2) is 30.5 Å². The third kappa shape index (κ3) is 3.93. The molecule has 3 rings (SSSR count). The summed E-state index contributed by atoms with van der Waals surface area (Å²) in [5.74, 6) is 0.665. The zero-order valence-electron chi connectivity index (χ0n) is 15.6. The number of hydrogen-bond acceptors (Lipinski definition) is 3. The fourth-order valence-electron chi connectivity index (χ4n) is 3.39. The molecule has 1 aliphatic rings. The molecule has 1 aliphatic heterocycles. The van der Waals surface area contributed by atoms with E-state index in [1.165, 1.54) is 18.2 Å². The van der Waals surface area contributed by atoms with Crippen LogP contribution in [0.2, 0.25) is 0 Å². The van der Waals surface area contributed by atoms with Crippen LogP contribution in [0.1, 0.15) is 46.7 Å². The number of nitrogens with one attached hydrogen (secondary N) is 2. The molecule has 2 aromatic heterocycles. The Balaban J connectivity index is 0.00000100. The Hall–Kier alpha value is -1.94. The first-order chi connectivity index (χ1) is 11.5. The summed E-state index contributed by atoms with van der Waals surface area (Å²) < 4.78 is 2.31. The molecule has 0 aliphatic carbocycles. The maximum atomic E-state index is 7.45. The van der Waals surface area contributed by atoms with Crippen molar-refractivity contribution in [2.24, 2.45) is 5.92 Å². The molecule has 3 heterocycles. The van der Waals surface area contributed by atoms with E-state index in [0.29, 0.717) is 5.92 Å². The molecule has 4 nitrogen and oxygen atoms in total. The SMILES string of the molecule is C/C=C(\C=N)c1ccc2c(ccn2CC2CNC(C)(C)C2)n1.CC. The van der Waals surface area contributed by atoms with Gasteiger partial charge in [-0.05, 0) is 51.3 Å². The lowest BCUT2D eigenvalue weighted by atomic mass is 9.97. The fourth-order valence-corrected chi connectivity index (χ4v) is 3.39. The Morgan fingerprint density at radius 1 is 1.38 bits per heavy atom. The van der Waals surface area contributed by atoms with Gasteiger partial charge in [0.2, 0.25) is 0 Å². The van der Waals surface area contributed by atoms with Crippen LogP contribution in [-0.2, 0) is 6.54 Å². The molecule has 2 N–H and O–H groups in total. The minimum atomic E-state index is 0.254. The van der Waals surface area contributed by atoms with E-state index < -0.39 is 0 Å². The number of fused-ring (bicyclic) bond motifs is 1. The van der Waals surface area contributed by atoms with Gasteiger partial charge in [-0.25, -0.2) is 4.98 Å². The second-order valence-corrected chi connectivity index (χ2v) is 6.79. The highest BCUT2D eigenvalue weighted by molar-refractivity contribution is 6.07. The standard InChI is InChI=1S/C18H24N4.C2H6/c1-4-14(10-19)15-5-6-17-16(21-15)7-8-22(17)12-13-9-18(2,3)20-11-13;1-2/h4-8,10,13,19-20H,9,11-12H2,1-3H3;1-2H3/b14-4+,19-10?;. The number of pyridine rings is 1. The lowest BCUT2D eigenvalue weighted by molar-refractivity contribution is 0.421. The molecule has 2 aromatic rings. The van der Waals surface area contributed by atoms with Gasteiger partial charge in [0.25, 0.3) is 0 Å². The van der Waals surface area contributed by atoms with E-state index in [2.05, 4.69) is 47.0 Å². The highest BCUT2D eigenvalue weighted by Crippen LogP contribution is 2.26. The summed E-state index contributed by atoms with van der Waals surface area (Å²) >= 11 is 0. The lowest BCUT2D eigenvalue weighted by Crippen LogP contribution is -2.31. The maximum Gasteiger partial charge on any atom is 0.0888 e. The van der Waals surface area contributed by atoms with Gasteiger partial charge >= 0.3 is 0 Å². The van der Waals surface area contributed by atoms with Gasteiger partial charge in [-0.1, -0.05) is 19.9 Å². The Morgan fingerprint density at radius 2 is 2.12 bits per heavy atom. The molecule has 1 unspecified atom stereocenters. The van der Waals surface area contributed by atoms with Crippen LogP contribution in [0, 0.1) is 11.3 Å². The number of hydrogen-bond donors (Lipinski definition) is 2. The van der Waals surface area contributed by atoms with Crippen molar-refractivity contribution in [2.75, 3.05) is 6.54 Å². The Labute approximate surface area is 145 Å². The number of rotatable bonds is 4.